The molecule has 0 spiro atoms. The lowest BCUT2D eigenvalue weighted by molar-refractivity contribution is 0.601. The normalized spacial score (nSPS) is 11.3. The number of rotatable bonds is 6. The van der Waals surface area contributed by atoms with E-state index in [4.69, 9.17) is 5.26 Å². The molecule has 0 aliphatic carbocycles. The summed E-state index contributed by atoms with van der Waals surface area (Å²) in [6.45, 7) is 4.13. The molecule has 1 heterocycles. The number of hydrogen-bond acceptors (Lipinski definition) is 3. The highest BCUT2D eigenvalue weighted by atomic mass is 32.2. The molecular weight excluding hydrogens is 358 g/mol. The summed E-state index contributed by atoms with van der Waals surface area (Å²) in [7, 11) is -3.63. The second-order valence-electron chi connectivity index (χ2n) is 6.64. The Morgan fingerprint density at radius 3 is 2.26 bits per heavy atom. The summed E-state index contributed by atoms with van der Waals surface area (Å²) in [5.74, 6) is 0.351. The molecule has 5 nitrogen and oxygen atoms in total. The van der Waals surface area contributed by atoms with Gasteiger partial charge < -0.3 is 4.98 Å². The Balaban J connectivity index is 1.76. The molecule has 0 bridgehead atoms. The Morgan fingerprint density at radius 1 is 1.00 bits per heavy atom. The Labute approximate surface area is 159 Å². The number of sulfonamides is 1. The van der Waals surface area contributed by atoms with Gasteiger partial charge in [0.25, 0.3) is 10.0 Å². The number of benzene rings is 2. The highest BCUT2D eigenvalue weighted by Gasteiger charge is 2.14. The van der Waals surface area contributed by atoms with Crippen LogP contribution in [-0.2, 0) is 16.4 Å². The molecule has 0 radical (unpaired) electrons. The van der Waals surface area contributed by atoms with Crippen molar-refractivity contribution in [2.75, 3.05) is 4.72 Å². The highest BCUT2D eigenvalue weighted by molar-refractivity contribution is 7.92. The zero-order valence-corrected chi connectivity index (χ0v) is 16.0. The summed E-state index contributed by atoms with van der Waals surface area (Å²) >= 11 is 0. The van der Waals surface area contributed by atoms with Gasteiger partial charge in [0.1, 0.15) is 0 Å². The first kappa shape index (κ1) is 18.7. The quantitative estimate of drug-likeness (QED) is 0.652. The molecule has 2 aromatic carbocycles. The van der Waals surface area contributed by atoms with Gasteiger partial charge in [-0.15, -0.1) is 0 Å². The number of nitrogens with zero attached hydrogens (tertiary/aromatic N) is 1. The number of H-pyrrole nitrogens is 1. The maximum absolute atomic E-state index is 12.6. The largest absolute Gasteiger partial charge is 0.358 e. The summed E-state index contributed by atoms with van der Waals surface area (Å²) in [6, 6.07) is 19.9. The lowest BCUT2D eigenvalue weighted by Crippen LogP contribution is -2.12. The molecule has 0 aliphatic rings. The van der Waals surface area contributed by atoms with E-state index in [2.05, 4.69) is 29.6 Å². The fraction of sp³-hybridized carbons (Fsp3) is 0.190. The van der Waals surface area contributed by atoms with Crippen LogP contribution in [0.15, 0.2) is 65.6 Å². The molecule has 0 saturated carbocycles. The lowest BCUT2D eigenvalue weighted by atomic mass is 10.0. The lowest BCUT2D eigenvalue weighted by Gasteiger charge is -2.10. The summed E-state index contributed by atoms with van der Waals surface area (Å²) in [4.78, 5) is 3.41. The zero-order chi connectivity index (χ0) is 19.4. The molecule has 0 fully saturated rings. The Morgan fingerprint density at radius 2 is 1.67 bits per heavy atom. The van der Waals surface area contributed by atoms with Gasteiger partial charge >= 0.3 is 0 Å². The van der Waals surface area contributed by atoms with Crippen LogP contribution >= 0.6 is 0 Å². The van der Waals surface area contributed by atoms with E-state index >= 15 is 0 Å². The topological polar surface area (TPSA) is 85.8 Å². The fourth-order valence-corrected chi connectivity index (χ4v) is 3.82. The van der Waals surface area contributed by atoms with Crippen molar-refractivity contribution in [2.45, 2.75) is 31.1 Å². The second-order valence-corrected chi connectivity index (χ2v) is 8.32. The number of nitriles is 1. The minimum absolute atomic E-state index is 0.237. The van der Waals surface area contributed by atoms with Gasteiger partial charge in [0.2, 0.25) is 0 Å². The van der Waals surface area contributed by atoms with E-state index in [-0.39, 0.29) is 4.90 Å². The Hall–Kier alpha value is -3.04. The summed E-state index contributed by atoms with van der Waals surface area (Å²) in [5, 5.41) is 8.75. The standard InChI is InChI=1S/C21H21N3O2S/c1-15(2)16-5-10-20(11-6-16)27(25,26)24-19-7-3-17(4-8-19)21-12-9-18(23-21)13-14-22/h3-12,15,23-24H,13H2,1-2H3. The van der Waals surface area contributed by atoms with Crippen molar-refractivity contribution in [1.82, 2.24) is 4.98 Å². The van der Waals surface area contributed by atoms with Crippen LogP contribution in [0.2, 0.25) is 0 Å². The van der Waals surface area contributed by atoms with Gasteiger partial charge in [0, 0.05) is 17.1 Å². The SMILES string of the molecule is CC(C)c1ccc(S(=O)(=O)Nc2ccc(-c3ccc(CC#N)[nH]3)cc2)cc1. The zero-order valence-electron chi connectivity index (χ0n) is 15.2. The van der Waals surface area contributed by atoms with Gasteiger partial charge in [-0.2, -0.15) is 5.26 Å². The van der Waals surface area contributed by atoms with E-state index < -0.39 is 10.0 Å². The molecule has 2 N–H and O–H groups in total. The van der Waals surface area contributed by atoms with Crippen molar-refractivity contribution in [3.8, 4) is 17.3 Å². The molecule has 0 amide bonds. The van der Waals surface area contributed by atoms with Crippen LogP contribution in [0.1, 0.15) is 31.0 Å². The Bertz CT molecular complexity index is 1060. The van der Waals surface area contributed by atoms with Crippen molar-refractivity contribution in [3.63, 3.8) is 0 Å². The van der Waals surface area contributed by atoms with Crippen molar-refractivity contribution >= 4 is 15.7 Å². The third-order valence-corrected chi connectivity index (χ3v) is 5.72. The smallest absolute Gasteiger partial charge is 0.261 e. The fourth-order valence-electron chi connectivity index (χ4n) is 2.76. The van der Waals surface area contributed by atoms with Gasteiger partial charge in [-0.3, -0.25) is 4.72 Å². The average Bonchev–Trinajstić information content (AvgIpc) is 3.11. The minimum atomic E-state index is -3.63. The van der Waals surface area contributed by atoms with Crippen LogP contribution < -0.4 is 4.72 Å². The van der Waals surface area contributed by atoms with Crippen LogP contribution in [0, 0.1) is 11.3 Å². The number of hydrogen-bond donors (Lipinski definition) is 2. The monoisotopic (exact) mass is 379 g/mol. The molecule has 3 rings (SSSR count). The summed E-state index contributed by atoms with van der Waals surface area (Å²) in [5.41, 5.74) is 4.25. The maximum atomic E-state index is 12.6. The number of nitrogens with one attached hydrogen (secondary N) is 2. The van der Waals surface area contributed by atoms with Gasteiger partial charge in [-0.05, 0) is 53.4 Å². The average molecular weight is 379 g/mol. The van der Waals surface area contributed by atoms with Crippen molar-refractivity contribution in [1.29, 1.82) is 5.26 Å². The van der Waals surface area contributed by atoms with Crippen LogP contribution in [-0.4, -0.2) is 13.4 Å². The number of aromatic nitrogens is 1. The van der Waals surface area contributed by atoms with E-state index in [1.807, 2.05) is 36.4 Å². The molecule has 0 atom stereocenters. The van der Waals surface area contributed by atoms with Crippen molar-refractivity contribution in [2.24, 2.45) is 0 Å². The molecule has 27 heavy (non-hydrogen) atoms. The van der Waals surface area contributed by atoms with Gasteiger partial charge in [-0.1, -0.05) is 38.1 Å². The number of aromatic amines is 1. The van der Waals surface area contributed by atoms with Gasteiger partial charge in [0.05, 0.1) is 17.4 Å². The molecule has 3 aromatic rings. The molecule has 0 unspecified atom stereocenters. The van der Waals surface area contributed by atoms with E-state index in [9.17, 15) is 8.42 Å². The third kappa shape index (κ3) is 4.39. The minimum Gasteiger partial charge on any atom is -0.358 e. The van der Waals surface area contributed by atoms with Crippen molar-refractivity contribution in [3.05, 3.63) is 71.9 Å². The van der Waals surface area contributed by atoms with E-state index in [0.717, 1.165) is 22.5 Å². The van der Waals surface area contributed by atoms with E-state index in [0.29, 0.717) is 18.0 Å². The first-order valence-corrected chi connectivity index (χ1v) is 10.2. The van der Waals surface area contributed by atoms with E-state index in [1.54, 1.807) is 24.3 Å². The first-order chi connectivity index (χ1) is 12.9. The van der Waals surface area contributed by atoms with Gasteiger partial charge in [-0.25, -0.2) is 8.42 Å². The van der Waals surface area contributed by atoms with Crippen LogP contribution in [0.3, 0.4) is 0 Å². The molecule has 138 valence electrons. The molecule has 0 saturated heterocycles. The van der Waals surface area contributed by atoms with E-state index in [1.165, 1.54) is 0 Å². The summed E-state index contributed by atoms with van der Waals surface area (Å²) in [6.07, 6.45) is 0.327. The Kier molecular flexibility index (Phi) is 5.33. The number of anilines is 1. The molecule has 0 aliphatic heterocycles. The molecular formula is C21H21N3O2S. The van der Waals surface area contributed by atoms with Crippen molar-refractivity contribution < 1.29 is 8.42 Å². The second kappa shape index (κ2) is 7.68. The maximum Gasteiger partial charge on any atom is 0.261 e. The van der Waals surface area contributed by atoms with Crippen LogP contribution in [0.5, 0.6) is 0 Å². The summed E-state index contributed by atoms with van der Waals surface area (Å²) < 4.78 is 27.7. The third-order valence-electron chi connectivity index (χ3n) is 4.32. The predicted octanol–water partition coefficient (Wildman–Crippen LogP) is 4.67. The predicted molar refractivity (Wildman–Crippen MR) is 107 cm³/mol. The van der Waals surface area contributed by atoms with Crippen LogP contribution in [0.25, 0.3) is 11.3 Å². The van der Waals surface area contributed by atoms with Crippen LogP contribution in [0.4, 0.5) is 5.69 Å². The highest BCUT2D eigenvalue weighted by Crippen LogP contribution is 2.23. The molecule has 6 heteroatoms. The first-order valence-electron chi connectivity index (χ1n) is 8.67. The van der Waals surface area contributed by atoms with Gasteiger partial charge in [0.15, 0.2) is 0 Å². The molecule has 1 aromatic heterocycles.